The van der Waals surface area contributed by atoms with Crippen LogP contribution in [0.2, 0.25) is 0 Å². The highest BCUT2D eigenvalue weighted by atomic mass is 127. The van der Waals surface area contributed by atoms with Crippen LogP contribution in [0.25, 0.3) is 0 Å². The average Bonchev–Trinajstić information content (AvgIpc) is 3.50. The van der Waals surface area contributed by atoms with E-state index < -0.39 is 0 Å². The first-order valence-electron chi connectivity index (χ1n) is 21.0. The molecule has 286 valence electrons. The van der Waals surface area contributed by atoms with Crippen molar-refractivity contribution in [2.24, 2.45) is 46.3 Å². The molecule has 5 aliphatic rings. The Morgan fingerprint density at radius 1 is 0.808 bits per heavy atom. The van der Waals surface area contributed by atoms with Gasteiger partial charge in [0.1, 0.15) is 12.2 Å². The minimum atomic E-state index is -0.326. The van der Waals surface area contributed by atoms with Gasteiger partial charge in [0.25, 0.3) is 0 Å². The number of hydrogen-bond donors (Lipinski definition) is 0. The molecule has 3 saturated carbocycles. The van der Waals surface area contributed by atoms with Crippen LogP contribution in [-0.2, 0) is 32.2 Å². The van der Waals surface area contributed by atoms with E-state index in [0.717, 1.165) is 53.9 Å². The van der Waals surface area contributed by atoms with Crippen molar-refractivity contribution in [1.82, 2.24) is 0 Å². The number of benzene rings is 2. The predicted molar refractivity (Wildman–Crippen MR) is 220 cm³/mol. The Morgan fingerprint density at radius 2 is 1.48 bits per heavy atom. The van der Waals surface area contributed by atoms with Gasteiger partial charge < -0.3 is 18.9 Å². The third kappa shape index (κ3) is 8.15. The van der Waals surface area contributed by atoms with Gasteiger partial charge in [0, 0.05) is 0 Å². The molecule has 0 spiro atoms. The van der Waals surface area contributed by atoms with Crippen LogP contribution in [0.4, 0.5) is 0 Å². The Balaban J connectivity index is 1.00. The van der Waals surface area contributed by atoms with Gasteiger partial charge >= 0.3 is 0 Å². The SMILES string of the molecule is CC(C)CCC[C@@H](C)[C@H]1CC[C@H]2[C@@H]3CC=C4C[C@@H](O[C@@H]5O[C@H](C)[C@@H](OCc6ccccc6)[C@@H](OCc6ccccc6)[C@H]5I)CC[C@]4(C)[C@H]3CC[C@]12C. The van der Waals surface area contributed by atoms with E-state index in [0.29, 0.717) is 24.0 Å². The van der Waals surface area contributed by atoms with E-state index in [-0.39, 0.29) is 34.6 Å². The normalized spacial score (nSPS) is 39.3. The number of hydrogen-bond acceptors (Lipinski definition) is 4. The molecule has 1 heterocycles. The molecular formula is C47H67IO4. The fourth-order valence-electron chi connectivity index (χ4n) is 12.0. The quantitative estimate of drug-likeness (QED) is 0.115. The van der Waals surface area contributed by atoms with Crippen molar-refractivity contribution in [1.29, 1.82) is 0 Å². The van der Waals surface area contributed by atoms with E-state index in [1.807, 2.05) is 6.07 Å². The van der Waals surface area contributed by atoms with Gasteiger partial charge in [0.05, 0.1) is 29.3 Å². The zero-order valence-electron chi connectivity index (χ0n) is 33.0. The second-order valence-corrected chi connectivity index (χ2v) is 19.9. The summed E-state index contributed by atoms with van der Waals surface area (Å²) in [5.74, 6) is 5.18. The van der Waals surface area contributed by atoms with E-state index in [2.05, 4.69) is 125 Å². The highest BCUT2D eigenvalue weighted by Gasteiger charge is 2.59. The summed E-state index contributed by atoms with van der Waals surface area (Å²) in [5, 5.41) is 0. The lowest BCUT2D eigenvalue weighted by Gasteiger charge is -2.58. The number of rotatable bonds is 13. The molecule has 0 aromatic heterocycles. The highest BCUT2D eigenvalue weighted by molar-refractivity contribution is 14.1. The first kappa shape index (κ1) is 39.0. The molecule has 0 N–H and O–H groups in total. The molecule has 1 saturated heterocycles. The summed E-state index contributed by atoms with van der Waals surface area (Å²) in [6.45, 7) is 15.9. The minimum Gasteiger partial charge on any atom is -0.369 e. The van der Waals surface area contributed by atoms with E-state index in [4.69, 9.17) is 18.9 Å². The highest BCUT2D eigenvalue weighted by Crippen LogP contribution is 2.67. The Hall–Kier alpha value is -1.25. The maximum Gasteiger partial charge on any atom is 0.172 e. The van der Waals surface area contributed by atoms with Crippen molar-refractivity contribution in [3.05, 3.63) is 83.4 Å². The predicted octanol–water partition coefficient (Wildman–Crippen LogP) is 12.1. The molecule has 0 bridgehead atoms. The molecule has 4 aliphatic carbocycles. The van der Waals surface area contributed by atoms with E-state index >= 15 is 0 Å². The summed E-state index contributed by atoms with van der Waals surface area (Å²) in [7, 11) is 0. The lowest BCUT2D eigenvalue weighted by Crippen LogP contribution is -2.58. The molecule has 0 unspecified atom stereocenters. The van der Waals surface area contributed by atoms with Gasteiger partial charge in [-0.1, -0.05) is 149 Å². The third-order valence-electron chi connectivity index (χ3n) is 14.9. The molecular weight excluding hydrogens is 755 g/mol. The fraction of sp³-hybridized carbons (Fsp3) is 0.702. The lowest BCUT2D eigenvalue weighted by atomic mass is 9.47. The third-order valence-corrected chi connectivity index (χ3v) is 16.2. The monoisotopic (exact) mass is 822 g/mol. The number of ether oxygens (including phenoxy) is 4. The van der Waals surface area contributed by atoms with Crippen LogP contribution in [0, 0.1) is 46.3 Å². The van der Waals surface area contributed by atoms with Gasteiger partial charge in [-0.15, -0.1) is 0 Å². The molecule has 0 amide bonds. The van der Waals surface area contributed by atoms with Crippen LogP contribution >= 0.6 is 22.6 Å². The lowest BCUT2D eigenvalue weighted by molar-refractivity contribution is -0.271. The molecule has 7 rings (SSSR count). The Morgan fingerprint density at radius 3 is 2.15 bits per heavy atom. The fourth-order valence-corrected chi connectivity index (χ4v) is 12.9. The Labute approximate surface area is 329 Å². The average molecular weight is 823 g/mol. The molecule has 52 heavy (non-hydrogen) atoms. The summed E-state index contributed by atoms with van der Waals surface area (Å²) >= 11 is 2.53. The molecule has 2 aromatic rings. The standard InChI is InChI=1S/C47H67IO4/c1-31(2)14-13-15-32(3)39-22-23-40-38-21-20-36-28-37(24-26-46(36,5)41(38)25-27-47(39,40)6)52-45-42(48)44(50-30-35-18-11-8-12-19-35)43(33(4)51-45)49-29-34-16-9-7-10-17-34/h7-12,16-20,31-33,37-45H,13-15,21-30H2,1-6H3/t32-,33-,37+,38+,39-,40+,41+,42-,43-,44+,45+,46+,47-/m1/s1. The number of allylic oxidation sites excluding steroid dienone is 1. The van der Waals surface area contributed by atoms with Crippen molar-refractivity contribution in [3.63, 3.8) is 0 Å². The minimum absolute atomic E-state index is 0.00964. The van der Waals surface area contributed by atoms with Crippen LogP contribution in [0.5, 0.6) is 0 Å². The number of halogens is 1. The molecule has 2 aromatic carbocycles. The maximum atomic E-state index is 7.00. The second-order valence-electron chi connectivity index (χ2n) is 18.5. The van der Waals surface area contributed by atoms with Gasteiger partial charge in [-0.2, -0.15) is 0 Å². The smallest absolute Gasteiger partial charge is 0.172 e. The van der Waals surface area contributed by atoms with Crippen molar-refractivity contribution >= 4 is 22.6 Å². The maximum absolute atomic E-state index is 7.00. The zero-order valence-corrected chi connectivity index (χ0v) is 35.1. The first-order valence-corrected chi connectivity index (χ1v) is 22.3. The van der Waals surface area contributed by atoms with Gasteiger partial charge in [-0.25, -0.2) is 0 Å². The summed E-state index contributed by atoms with van der Waals surface area (Å²) < 4.78 is 27.0. The number of alkyl halides is 1. The van der Waals surface area contributed by atoms with Crippen molar-refractivity contribution in [3.8, 4) is 0 Å². The topological polar surface area (TPSA) is 36.9 Å². The van der Waals surface area contributed by atoms with Crippen LogP contribution in [0.15, 0.2) is 72.3 Å². The van der Waals surface area contributed by atoms with Gasteiger partial charge in [0.2, 0.25) is 0 Å². The Bertz CT molecular complexity index is 1460. The number of fused-ring (bicyclic) bond motifs is 5. The van der Waals surface area contributed by atoms with Crippen LogP contribution in [0.3, 0.4) is 0 Å². The van der Waals surface area contributed by atoms with Crippen LogP contribution in [-0.4, -0.2) is 34.6 Å². The molecule has 13 atom stereocenters. The molecule has 4 nitrogen and oxygen atoms in total. The molecule has 5 heteroatoms. The summed E-state index contributed by atoms with van der Waals surface area (Å²) in [6.07, 6.45) is 16.7. The largest absolute Gasteiger partial charge is 0.369 e. The second kappa shape index (κ2) is 16.9. The zero-order chi connectivity index (χ0) is 36.5. The Kier molecular flexibility index (Phi) is 12.6. The van der Waals surface area contributed by atoms with Crippen LogP contribution in [0.1, 0.15) is 123 Å². The summed E-state index contributed by atoms with van der Waals surface area (Å²) in [4.78, 5) is 0. The molecule has 0 radical (unpaired) electrons. The molecule has 4 fully saturated rings. The van der Waals surface area contributed by atoms with Gasteiger partial charge in [0.15, 0.2) is 6.29 Å². The van der Waals surface area contributed by atoms with Gasteiger partial charge in [-0.05, 0) is 116 Å². The van der Waals surface area contributed by atoms with Crippen molar-refractivity contribution < 1.29 is 18.9 Å². The van der Waals surface area contributed by atoms with Crippen LogP contribution < -0.4 is 0 Å². The van der Waals surface area contributed by atoms with Crippen molar-refractivity contribution in [2.45, 2.75) is 160 Å². The van der Waals surface area contributed by atoms with Gasteiger partial charge in [-0.3, -0.25) is 0 Å². The van der Waals surface area contributed by atoms with E-state index in [1.165, 1.54) is 63.4 Å². The molecule has 1 aliphatic heterocycles. The summed E-state index contributed by atoms with van der Waals surface area (Å²) in [6, 6.07) is 20.9. The summed E-state index contributed by atoms with van der Waals surface area (Å²) in [5.41, 5.74) is 4.86. The van der Waals surface area contributed by atoms with Crippen molar-refractivity contribution in [2.75, 3.05) is 0 Å². The van der Waals surface area contributed by atoms with E-state index in [9.17, 15) is 0 Å². The van der Waals surface area contributed by atoms with E-state index in [1.54, 1.807) is 5.57 Å². The first-order chi connectivity index (χ1) is 25.1.